The summed E-state index contributed by atoms with van der Waals surface area (Å²) in [6.45, 7) is 2.15. The Bertz CT molecular complexity index is 529. The van der Waals surface area contributed by atoms with Gasteiger partial charge in [0, 0.05) is 10.3 Å². The third-order valence-corrected chi connectivity index (χ3v) is 3.58. The molecule has 1 aromatic carbocycles. The van der Waals surface area contributed by atoms with E-state index < -0.39 is 5.97 Å². The van der Waals surface area contributed by atoms with Crippen molar-refractivity contribution in [1.82, 2.24) is 0 Å². The van der Waals surface area contributed by atoms with Gasteiger partial charge >= 0.3 is 5.97 Å². The molecule has 0 aliphatic heterocycles. The molecule has 17 heavy (non-hydrogen) atoms. The fourth-order valence-corrected chi connectivity index (χ4v) is 2.65. The summed E-state index contributed by atoms with van der Waals surface area (Å²) in [5.74, 6) is -0.864. The maximum absolute atomic E-state index is 10.8. The second-order valence-corrected chi connectivity index (χ2v) is 4.87. The highest BCUT2D eigenvalue weighted by molar-refractivity contribution is 7.13. The van der Waals surface area contributed by atoms with E-state index in [0.717, 1.165) is 23.3 Å². The summed E-state index contributed by atoms with van der Waals surface area (Å²) in [6.07, 6.45) is 2.18. The molecule has 88 valence electrons. The highest BCUT2D eigenvalue weighted by atomic mass is 32.1. The quantitative estimate of drug-likeness (QED) is 0.883. The summed E-state index contributed by atoms with van der Waals surface area (Å²) in [5.41, 5.74) is 2.77. The first kappa shape index (κ1) is 11.9. The van der Waals surface area contributed by atoms with E-state index >= 15 is 0 Å². The number of benzene rings is 1. The van der Waals surface area contributed by atoms with Gasteiger partial charge in [-0.1, -0.05) is 37.6 Å². The molecule has 1 heterocycles. The van der Waals surface area contributed by atoms with Crippen molar-refractivity contribution in [2.45, 2.75) is 19.8 Å². The van der Waals surface area contributed by atoms with Crippen molar-refractivity contribution < 1.29 is 9.90 Å². The number of rotatable bonds is 4. The molecule has 0 radical (unpaired) electrons. The third kappa shape index (κ3) is 2.74. The molecule has 0 aliphatic carbocycles. The Morgan fingerprint density at radius 3 is 2.82 bits per heavy atom. The Morgan fingerprint density at radius 1 is 1.35 bits per heavy atom. The fraction of sp³-hybridized carbons (Fsp3) is 0.214. The molecule has 2 aromatic rings. The molecular weight excluding hydrogens is 232 g/mol. The summed E-state index contributed by atoms with van der Waals surface area (Å²) in [7, 11) is 0. The molecule has 0 atom stereocenters. The Labute approximate surface area is 105 Å². The van der Waals surface area contributed by atoms with Crippen LogP contribution in [0.2, 0.25) is 0 Å². The maximum Gasteiger partial charge on any atom is 0.336 e. The van der Waals surface area contributed by atoms with E-state index in [1.165, 1.54) is 16.9 Å². The first-order chi connectivity index (χ1) is 8.20. The van der Waals surface area contributed by atoms with Gasteiger partial charge in [-0.15, -0.1) is 11.3 Å². The van der Waals surface area contributed by atoms with Gasteiger partial charge in [0.1, 0.15) is 0 Å². The van der Waals surface area contributed by atoms with Crippen LogP contribution in [0.1, 0.15) is 29.3 Å². The lowest BCUT2D eigenvalue weighted by atomic mass is 10.1. The minimum absolute atomic E-state index is 0.367. The lowest BCUT2D eigenvalue weighted by Crippen LogP contribution is -1.91. The van der Waals surface area contributed by atoms with Crippen molar-refractivity contribution in [3.05, 3.63) is 46.8 Å². The summed E-state index contributed by atoms with van der Waals surface area (Å²) in [6, 6.07) is 10.0. The number of carboxylic acid groups (broad SMARTS) is 1. The SMILES string of the molecule is CCCc1cccc(-c2cc(C(=O)O)cs2)c1. The summed E-state index contributed by atoms with van der Waals surface area (Å²) >= 11 is 1.48. The predicted molar refractivity (Wildman–Crippen MR) is 70.7 cm³/mol. The molecule has 1 N–H and O–H groups in total. The number of carboxylic acids is 1. The van der Waals surface area contributed by atoms with E-state index in [1.54, 1.807) is 11.4 Å². The molecule has 0 unspecified atom stereocenters. The average Bonchev–Trinajstić information content (AvgIpc) is 2.79. The zero-order valence-corrected chi connectivity index (χ0v) is 10.5. The molecule has 2 nitrogen and oxygen atoms in total. The highest BCUT2D eigenvalue weighted by Gasteiger charge is 2.08. The van der Waals surface area contributed by atoms with Crippen molar-refractivity contribution in [3.8, 4) is 10.4 Å². The number of thiophene rings is 1. The van der Waals surface area contributed by atoms with Gasteiger partial charge in [-0.05, 0) is 23.6 Å². The van der Waals surface area contributed by atoms with Gasteiger partial charge in [0.25, 0.3) is 0 Å². The van der Waals surface area contributed by atoms with Gasteiger partial charge in [0.15, 0.2) is 0 Å². The lowest BCUT2D eigenvalue weighted by Gasteiger charge is -2.01. The number of hydrogen-bond acceptors (Lipinski definition) is 2. The minimum Gasteiger partial charge on any atom is -0.478 e. The minimum atomic E-state index is -0.864. The lowest BCUT2D eigenvalue weighted by molar-refractivity contribution is 0.0697. The molecular formula is C14H14O2S. The van der Waals surface area contributed by atoms with Crippen LogP contribution in [0.3, 0.4) is 0 Å². The predicted octanol–water partition coefficient (Wildman–Crippen LogP) is 4.07. The average molecular weight is 246 g/mol. The highest BCUT2D eigenvalue weighted by Crippen LogP contribution is 2.28. The zero-order valence-electron chi connectivity index (χ0n) is 9.64. The number of hydrogen-bond donors (Lipinski definition) is 1. The number of aromatic carboxylic acids is 1. The molecule has 0 bridgehead atoms. The topological polar surface area (TPSA) is 37.3 Å². The second-order valence-electron chi connectivity index (χ2n) is 3.96. The number of carbonyl (C=O) groups is 1. The van der Waals surface area contributed by atoms with Crippen molar-refractivity contribution in [1.29, 1.82) is 0 Å². The summed E-state index contributed by atoms with van der Waals surface area (Å²) in [4.78, 5) is 11.8. The van der Waals surface area contributed by atoms with Crippen molar-refractivity contribution >= 4 is 17.3 Å². The second kappa shape index (κ2) is 5.15. The summed E-state index contributed by atoms with van der Waals surface area (Å²) in [5, 5.41) is 10.6. The molecule has 1 aromatic heterocycles. The summed E-state index contributed by atoms with van der Waals surface area (Å²) < 4.78 is 0. The van der Waals surface area contributed by atoms with E-state index in [0.29, 0.717) is 5.56 Å². The smallest absolute Gasteiger partial charge is 0.336 e. The Kier molecular flexibility index (Phi) is 3.59. The van der Waals surface area contributed by atoms with Crippen LogP contribution in [0.25, 0.3) is 10.4 Å². The molecule has 0 saturated heterocycles. The van der Waals surface area contributed by atoms with Crippen LogP contribution in [-0.4, -0.2) is 11.1 Å². The molecule has 0 spiro atoms. The van der Waals surface area contributed by atoms with E-state index in [1.807, 2.05) is 12.1 Å². The normalized spacial score (nSPS) is 10.4. The van der Waals surface area contributed by atoms with Crippen LogP contribution in [0.4, 0.5) is 0 Å². The van der Waals surface area contributed by atoms with Gasteiger partial charge < -0.3 is 5.11 Å². The molecule has 0 fully saturated rings. The monoisotopic (exact) mass is 246 g/mol. The molecule has 3 heteroatoms. The molecule has 0 amide bonds. The third-order valence-electron chi connectivity index (χ3n) is 2.60. The van der Waals surface area contributed by atoms with Gasteiger partial charge in [-0.2, -0.15) is 0 Å². The maximum atomic E-state index is 10.8. The van der Waals surface area contributed by atoms with Gasteiger partial charge in [-0.25, -0.2) is 4.79 Å². The van der Waals surface area contributed by atoms with Crippen molar-refractivity contribution in [3.63, 3.8) is 0 Å². The van der Waals surface area contributed by atoms with Crippen LogP contribution >= 0.6 is 11.3 Å². The molecule has 0 aliphatic rings. The van der Waals surface area contributed by atoms with Gasteiger partial charge in [0.05, 0.1) is 5.56 Å². The van der Waals surface area contributed by atoms with Crippen LogP contribution < -0.4 is 0 Å². The van der Waals surface area contributed by atoms with Crippen LogP contribution in [-0.2, 0) is 6.42 Å². The Balaban J connectivity index is 2.31. The first-order valence-electron chi connectivity index (χ1n) is 5.62. The standard InChI is InChI=1S/C14H14O2S/c1-2-4-10-5-3-6-11(7-10)13-8-12(9-17-13)14(15)16/h3,5-9H,2,4H2,1H3,(H,15,16). The van der Waals surface area contributed by atoms with Crippen molar-refractivity contribution in [2.24, 2.45) is 0 Å². The van der Waals surface area contributed by atoms with Gasteiger partial charge in [0.2, 0.25) is 0 Å². The Morgan fingerprint density at radius 2 is 2.18 bits per heavy atom. The van der Waals surface area contributed by atoms with E-state index in [-0.39, 0.29) is 0 Å². The zero-order chi connectivity index (χ0) is 12.3. The molecule has 0 saturated carbocycles. The van der Waals surface area contributed by atoms with Gasteiger partial charge in [-0.3, -0.25) is 0 Å². The van der Waals surface area contributed by atoms with E-state index in [2.05, 4.69) is 19.1 Å². The van der Waals surface area contributed by atoms with E-state index in [4.69, 9.17) is 5.11 Å². The Hall–Kier alpha value is -1.61. The molecule has 2 rings (SSSR count). The number of aryl methyl sites for hydroxylation is 1. The van der Waals surface area contributed by atoms with Crippen LogP contribution in [0.5, 0.6) is 0 Å². The van der Waals surface area contributed by atoms with Crippen LogP contribution in [0, 0.1) is 0 Å². The first-order valence-corrected chi connectivity index (χ1v) is 6.50. The largest absolute Gasteiger partial charge is 0.478 e. The van der Waals surface area contributed by atoms with Crippen LogP contribution in [0.15, 0.2) is 35.7 Å². The fourth-order valence-electron chi connectivity index (χ4n) is 1.77. The van der Waals surface area contributed by atoms with Crippen molar-refractivity contribution in [2.75, 3.05) is 0 Å². The van der Waals surface area contributed by atoms with E-state index in [9.17, 15) is 4.79 Å².